The Morgan fingerprint density at radius 1 is 1.07 bits per heavy atom. The van der Waals surface area contributed by atoms with Gasteiger partial charge in [0.05, 0.1) is 37.3 Å². The van der Waals surface area contributed by atoms with Crippen molar-refractivity contribution in [3.8, 4) is 17.2 Å². The topological polar surface area (TPSA) is 87.0 Å². The van der Waals surface area contributed by atoms with Gasteiger partial charge < -0.3 is 19.5 Å². The number of thiazole rings is 1. The molecule has 0 aliphatic carbocycles. The van der Waals surface area contributed by atoms with Crippen molar-refractivity contribution in [1.29, 1.82) is 0 Å². The van der Waals surface area contributed by atoms with E-state index in [-0.39, 0.29) is 11.7 Å². The Bertz CT molecular complexity index is 1200. The summed E-state index contributed by atoms with van der Waals surface area (Å²) in [4.78, 5) is 13.3. The lowest BCUT2D eigenvalue weighted by Gasteiger charge is -2.14. The van der Waals surface area contributed by atoms with Gasteiger partial charge in [0, 0.05) is 18.2 Å². The molecular weight excluding hydrogens is 424 g/mol. The molecule has 0 spiro atoms. The lowest BCUT2D eigenvalue weighted by Crippen LogP contribution is -2.25. The fourth-order valence-electron chi connectivity index (χ4n) is 3.05. The molecule has 0 aliphatic rings. The van der Waals surface area contributed by atoms with Crippen LogP contribution in [-0.2, 0) is 11.3 Å². The fourth-order valence-corrected chi connectivity index (χ4v) is 4.85. The zero-order valence-electron chi connectivity index (χ0n) is 16.7. The van der Waals surface area contributed by atoms with Crippen molar-refractivity contribution >= 4 is 44.2 Å². The Hall–Kier alpha value is -2.98. The first-order valence-corrected chi connectivity index (χ1v) is 10.9. The highest BCUT2D eigenvalue weighted by atomic mass is 32.2. The smallest absolute Gasteiger partial charge is 0.230 e. The van der Waals surface area contributed by atoms with Crippen molar-refractivity contribution in [2.45, 2.75) is 11.7 Å². The van der Waals surface area contributed by atoms with Crippen molar-refractivity contribution in [2.24, 2.45) is 0 Å². The highest BCUT2D eigenvalue weighted by Gasteiger charge is 2.15. The van der Waals surface area contributed by atoms with Crippen molar-refractivity contribution in [3.63, 3.8) is 0 Å². The number of nitrogens with one attached hydrogen (secondary N) is 1. The third-order valence-corrected chi connectivity index (χ3v) is 6.45. The van der Waals surface area contributed by atoms with Gasteiger partial charge >= 0.3 is 0 Å². The number of nitrogens with zero attached hydrogens (tertiary/aromatic N) is 3. The minimum atomic E-state index is -0.117. The van der Waals surface area contributed by atoms with E-state index in [0.717, 1.165) is 20.7 Å². The minimum Gasteiger partial charge on any atom is -0.496 e. The van der Waals surface area contributed by atoms with E-state index in [1.54, 1.807) is 44.8 Å². The Balaban J connectivity index is 1.43. The van der Waals surface area contributed by atoms with Gasteiger partial charge in [0.25, 0.3) is 0 Å². The molecule has 0 aliphatic heterocycles. The zero-order chi connectivity index (χ0) is 21.1. The summed E-state index contributed by atoms with van der Waals surface area (Å²) in [5.74, 6) is 1.86. The quantitative estimate of drug-likeness (QED) is 0.417. The number of benzene rings is 2. The van der Waals surface area contributed by atoms with Crippen LogP contribution in [0.4, 0.5) is 0 Å². The number of hydrogen-bond acceptors (Lipinski definition) is 8. The maximum atomic E-state index is 12.4. The second-order valence-electron chi connectivity index (χ2n) is 6.25. The van der Waals surface area contributed by atoms with Gasteiger partial charge in [-0.1, -0.05) is 35.2 Å². The van der Waals surface area contributed by atoms with Crippen LogP contribution in [0.25, 0.3) is 15.2 Å². The number of rotatable bonds is 8. The third kappa shape index (κ3) is 3.88. The first-order chi connectivity index (χ1) is 14.6. The second kappa shape index (κ2) is 8.80. The second-order valence-corrected chi connectivity index (χ2v) is 8.21. The van der Waals surface area contributed by atoms with E-state index in [9.17, 15) is 4.79 Å². The molecule has 1 amide bonds. The zero-order valence-corrected chi connectivity index (χ0v) is 18.3. The third-order valence-electron chi connectivity index (χ3n) is 4.51. The number of carbonyl (C=O) groups is 1. The van der Waals surface area contributed by atoms with E-state index in [1.165, 1.54) is 11.8 Å². The number of carbonyl (C=O) groups excluding carboxylic acids is 1. The van der Waals surface area contributed by atoms with Crippen LogP contribution in [0.2, 0.25) is 0 Å². The number of fused-ring (bicyclic) bond motifs is 3. The highest BCUT2D eigenvalue weighted by Crippen LogP contribution is 2.34. The van der Waals surface area contributed by atoms with Gasteiger partial charge in [0.15, 0.2) is 16.7 Å². The molecule has 2 aromatic carbocycles. The normalized spacial score (nSPS) is 11.0. The molecular formula is C20H20N4O4S2. The molecule has 8 nitrogen and oxygen atoms in total. The number of methoxy groups -OCH3 is 3. The first-order valence-electron chi connectivity index (χ1n) is 9.05. The lowest BCUT2D eigenvalue weighted by atomic mass is 10.1. The number of para-hydroxylation sites is 1. The van der Waals surface area contributed by atoms with E-state index < -0.39 is 0 Å². The van der Waals surface area contributed by atoms with Gasteiger partial charge in [-0.3, -0.25) is 9.20 Å². The Morgan fingerprint density at radius 2 is 1.80 bits per heavy atom. The minimum absolute atomic E-state index is 0.117. The summed E-state index contributed by atoms with van der Waals surface area (Å²) in [5, 5.41) is 12.1. The Labute approximate surface area is 181 Å². The lowest BCUT2D eigenvalue weighted by molar-refractivity contribution is -0.118. The molecule has 156 valence electrons. The highest BCUT2D eigenvalue weighted by molar-refractivity contribution is 7.99. The maximum Gasteiger partial charge on any atom is 0.230 e. The summed E-state index contributed by atoms with van der Waals surface area (Å²) in [6.45, 7) is 0.305. The molecule has 0 saturated carbocycles. The van der Waals surface area contributed by atoms with E-state index in [4.69, 9.17) is 14.2 Å². The summed E-state index contributed by atoms with van der Waals surface area (Å²) >= 11 is 2.93. The molecule has 0 atom stereocenters. The first kappa shape index (κ1) is 20.3. The van der Waals surface area contributed by atoms with Crippen LogP contribution in [-0.4, -0.2) is 47.6 Å². The molecule has 10 heteroatoms. The standard InChI is InChI=1S/C20H20N4O4S2/c1-26-14-9-16(28-3)15(27-2)8-12(14)10-21-18(25)11-29-19-22-23-20-24(19)13-6-4-5-7-17(13)30-20/h4-9H,10-11H2,1-3H3,(H,21,25). The van der Waals surface area contributed by atoms with Gasteiger partial charge in [0.1, 0.15) is 5.75 Å². The molecule has 0 bridgehead atoms. The molecule has 2 heterocycles. The molecule has 30 heavy (non-hydrogen) atoms. The Morgan fingerprint density at radius 3 is 2.57 bits per heavy atom. The van der Waals surface area contributed by atoms with Gasteiger partial charge in [-0.15, -0.1) is 10.2 Å². The number of aromatic nitrogens is 3. The van der Waals surface area contributed by atoms with Crippen LogP contribution >= 0.6 is 23.1 Å². The maximum absolute atomic E-state index is 12.4. The van der Waals surface area contributed by atoms with E-state index in [2.05, 4.69) is 15.5 Å². The number of amides is 1. The molecule has 4 rings (SSSR count). The van der Waals surface area contributed by atoms with E-state index in [1.807, 2.05) is 28.7 Å². The number of thioether (sulfide) groups is 1. The van der Waals surface area contributed by atoms with Crippen molar-refractivity contribution in [2.75, 3.05) is 27.1 Å². The Kier molecular flexibility index (Phi) is 5.96. The molecule has 1 N–H and O–H groups in total. The van der Waals surface area contributed by atoms with Crippen LogP contribution in [0.5, 0.6) is 17.2 Å². The van der Waals surface area contributed by atoms with Crippen molar-refractivity contribution in [1.82, 2.24) is 19.9 Å². The van der Waals surface area contributed by atoms with Crippen LogP contribution in [0.15, 0.2) is 41.6 Å². The summed E-state index contributed by atoms with van der Waals surface area (Å²) < 4.78 is 19.1. The van der Waals surface area contributed by atoms with Gasteiger partial charge in [-0.05, 0) is 18.2 Å². The average molecular weight is 445 g/mol. The molecule has 0 unspecified atom stereocenters. The van der Waals surface area contributed by atoms with Crippen molar-refractivity contribution < 1.29 is 19.0 Å². The summed E-state index contributed by atoms with van der Waals surface area (Å²) in [5.41, 5.74) is 1.84. The fraction of sp³-hybridized carbons (Fsp3) is 0.250. The van der Waals surface area contributed by atoms with Crippen LogP contribution in [0, 0.1) is 0 Å². The monoisotopic (exact) mass is 444 g/mol. The van der Waals surface area contributed by atoms with E-state index >= 15 is 0 Å². The molecule has 4 aromatic rings. The largest absolute Gasteiger partial charge is 0.496 e. The summed E-state index contributed by atoms with van der Waals surface area (Å²) in [7, 11) is 4.70. The van der Waals surface area contributed by atoms with Gasteiger partial charge in [-0.25, -0.2) is 0 Å². The average Bonchev–Trinajstić information content (AvgIpc) is 3.34. The molecule has 0 saturated heterocycles. The molecule has 2 aromatic heterocycles. The summed E-state index contributed by atoms with van der Waals surface area (Å²) in [6, 6.07) is 11.6. The SMILES string of the molecule is COc1cc(OC)c(OC)cc1CNC(=O)CSc1nnc2sc3ccccc3n12. The summed E-state index contributed by atoms with van der Waals surface area (Å²) in [6.07, 6.45) is 0. The molecule has 0 radical (unpaired) electrons. The number of ether oxygens (including phenoxy) is 3. The van der Waals surface area contributed by atoms with Crippen LogP contribution in [0.3, 0.4) is 0 Å². The van der Waals surface area contributed by atoms with Crippen LogP contribution < -0.4 is 19.5 Å². The molecule has 0 fully saturated rings. The van der Waals surface area contributed by atoms with Crippen LogP contribution in [0.1, 0.15) is 5.56 Å². The van der Waals surface area contributed by atoms with E-state index in [0.29, 0.717) is 28.9 Å². The predicted octanol–water partition coefficient (Wildman–Crippen LogP) is 3.38. The van der Waals surface area contributed by atoms with Crippen molar-refractivity contribution in [3.05, 3.63) is 42.0 Å². The van der Waals surface area contributed by atoms with Gasteiger partial charge in [-0.2, -0.15) is 0 Å². The number of hydrogen-bond donors (Lipinski definition) is 1. The predicted molar refractivity (Wildman–Crippen MR) is 117 cm³/mol. The van der Waals surface area contributed by atoms with Gasteiger partial charge in [0.2, 0.25) is 10.9 Å².